The molecular formula is C16H24N2O2. The third-order valence-electron chi connectivity index (χ3n) is 3.73. The van der Waals surface area contributed by atoms with Crippen LogP contribution in [0.5, 0.6) is 0 Å². The predicted molar refractivity (Wildman–Crippen MR) is 79.7 cm³/mol. The number of benzene rings is 1. The molecule has 4 nitrogen and oxygen atoms in total. The molecule has 0 spiro atoms. The molecule has 4 heteroatoms. The van der Waals surface area contributed by atoms with Gasteiger partial charge in [0.2, 0.25) is 0 Å². The molecule has 1 amide bonds. The molecular weight excluding hydrogens is 252 g/mol. The molecule has 20 heavy (non-hydrogen) atoms. The van der Waals surface area contributed by atoms with Gasteiger partial charge in [0.1, 0.15) is 0 Å². The third-order valence-corrected chi connectivity index (χ3v) is 3.73. The van der Waals surface area contributed by atoms with Crippen molar-refractivity contribution in [3.63, 3.8) is 0 Å². The molecule has 2 rings (SSSR count). The van der Waals surface area contributed by atoms with Crippen molar-refractivity contribution in [1.82, 2.24) is 10.2 Å². The Morgan fingerprint density at radius 3 is 2.95 bits per heavy atom. The van der Waals surface area contributed by atoms with E-state index in [0.29, 0.717) is 12.1 Å². The summed E-state index contributed by atoms with van der Waals surface area (Å²) in [5.41, 5.74) is 1.86. The molecule has 1 aliphatic rings. The van der Waals surface area contributed by atoms with Gasteiger partial charge in [0.05, 0.1) is 6.10 Å². The number of rotatable bonds is 5. The molecule has 1 heterocycles. The van der Waals surface area contributed by atoms with Gasteiger partial charge in [0, 0.05) is 38.9 Å². The summed E-state index contributed by atoms with van der Waals surface area (Å²) in [4.78, 5) is 13.5. The van der Waals surface area contributed by atoms with Crippen molar-refractivity contribution in [3.8, 4) is 0 Å². The largest absolute Gasteiger partial charge is 0.377 e. The van der Waals surface area contributed by atoms with E-state index in [1.807, 2.05) is 24.3 Å². The number of carbonyl (C=O) groups is 1. The highest BCUT2D eigenvalue weighted by atomic mass is 16.5. The Hall–Kier alpha value is -1.39. The van der Waals surface area contributed by atoms with Crippen LogP contribution < -0.4 is 5.32 Å². The fourth-order valence-corrected chi connectivity index (χ4v) is 2.48. The lowest BCUT2D eigenvalue weighted by Crippen LogP contribution is -2.36. The Kier molecular flexibility index (Phi) is 5.15. The van der Waals surface area contributed by atoms with Crippen LogP contribution in [0.25, 0.3) is 0 Å². The van der Waals surface area contributed by atoms with Gasteiger partial charge in [-0.15, -0.1) is 0 Å². The van der Waals surface area contributed by atoms with Gasteiger partial charge in [0.25, 0.3) is 5.91 Å². The van der Waals surface area contributed by atoms with Gasteiger partial charge in [-0.2, -0.15) is 0 Å². The molecule has 110 valence electrons. The highest BCUT2D eigenvalue weighted by Gasteiger charge is 2.21. The van der Waals surface area contributed by atoms with Crippen LogP contribution in [0.1, 0.15) is 35.7 Å². The van der Waals surface area contributed by atoms with Crippen molar-refractivity contribution in [2.75, 3.05) is 20.7 Å². The summed E-state index contributed by atoms with van der Waals surface area (Å²) in [6, 6.07) is 8.13. The minimum absolute atomic E-state index is 0.0408. The van der Waals surface area contributed by atoms with Crippen LogP contribution in [-0.2, 0) is 11.3 Å². The molecule has 2 atom stereocenters. The SMILES string of the molecule is C[C@H](NCc1cccc(C(=O)N(C)C)c1)[C@H]1CCCO1. The molecule has 1 aliphatic heterocycles. The molecule has 0 aromatic heterocycles. The van der Waals surface area contributed by atoms with Crippen molar-refractivity contribution in [1.29, 1.82) is 0 Å². The second kappa shape index (κ2) is 6.86. The van der Waals surface area contributed by atoms with E-state index in [9.17, 15) is 4.79 Å². The second-order valence-electron chi connectivity index (χ2n) is 5.62. The van der Waals surface area contributed by atoms with E-state index < -0.39 is 0 Å². The first-order valence-electron chi connectivity index (χ1n) is 7.23. The van der Waals surface area contributed by atoms with Crippen molar-refractivity contribution in [3.05, 3.63) is 35.4 Å². The maximum atomic E-state index is 11.9. The van der Waals surface area contributed by atoms with E-state index in [1.54, 1.807) is 19.0 Å². The first-order valence-corrected chi connectivity index (χ1v) is 7.23. The summed E-state index contributed by atoms with van der Waals surface area (Å²) in [5, 5.41) is 3.49. The lowest BCUT2D eigenvalue weighted by atomic mass is 10.1. The van der Waals surface area contributed by atoms with Gasteiger partial charge in [-0.25, -0.2) is 0 Å². The van der Waals surface area contributed by atoms with Crippen molar-refractivity contribution < 1.29 is 9.53 Å². The Balaban J connectivity index is 1.92. The number of nitrogens with one attached hydrogen (secondary N) is 1. The molecule has 0 saturated carbocycles. The summed E-state index contributed by atoms with van der Waals surface area (Å²) in [7, 11) is 3.54. The number of hydrogen-bond donors (Lipinski definition) is 1. The molecule has 0 radical (unpaired) electrons. The van der Waals surface area contributed by atoms with E-state index in [4.69, 9.17) is 4.74 Å². The standard InChI is InChI=1S/C16H24N2O2/c1-12(15-8-5-9-20-15)17-11-13-6-4-7-14(10-13)16(19)18(2)3/h4,6-7,10,12,15,17H,5,8-9,11H2,1-3H3/t12-,15+/m0/s1. The van der Waals surface area contributed by atoms with Gasteiger partial charge in [-0.05, 0) is 37.5 Å². The number of hydrogen-bond acceptors (Lipinski definition) is 3. The molecule has 0 aliphatic carbocycles. The molecule has 1 saturated heterocycles. The van der Waals surface area contributed by atoms with Crippen LogP contribution in [0.15, 0.2) is 24.3 Å². The molecule has 0 bridgehead atoms. The van der Waals surface area contributed by atoms with Crippen LogP contribution in [0.3, 0.4) is 0 Å². The average Bonchev–Trinajstić information content (AvgIpc) is 2.98. The fraction of sp³-hybridized carbons (Fsp3) is 0.562. The van der Waals surface area contributed by atoms with Gasteiger partial charge in [0.15, 0.2) is 0 Å². The molecule has 1 aromatic carbocycles. The number of amides is 1. The van der Waals surface area contributed by atoms with Gasteiger partial charge < -0.3 is 15.0 Å². The van der Waals surface area contributed by atoms with E-state index in [0.717, 1.165) is 37.1 Å². The van der Waals surface area contributed by atoms with Crippen LogP contribution in [0.4, 0.5) is 0 Å². The topological polar surface area (TPSA) is 41.6 Å². The van der Waals surface area contributed by atoms with Gasteiger partial charge in [-0.1, -0.05) is 12.1 Å². The Morgan fingerprint density at radius 1 is 1.50 bits per heavy atom. The van der Waals surface area contributed by atoms with E-state index in [1.165, 1.54) is 0 Å². The monoisotopic (exact) mass is 276 g/mol. The van der Waals surface area contributed by atoms with E-state index in [-0.39, 0.29) is 5.91 Å². The van der Waals surface area contributed by atoms with Gasteiger partial charge in [-0.3, -0.25) is 4.79 Å². The van der Waals surface area contributed by atoms with Crippen LogP contribution >= 0.6 is 0 Å². The van der Waals surface area contributed by atoms with Gasteiger partial charge >= 0.3 is 0 Å². The Bertz CT molecular complexity index is 454. The highest BCUT2D eigenvalue weighted by Crippen LogP contribution is 2.16. The lowest BCUT2D eigenvalue weighted by Gasteiger charge is -2.20. The smallest absolute Gasteiger partial charge is 0.253 e. The van der Waals surface area contributed by atoms with Crippen LogP contribution in [-0.4, -0.2) is 43.7 Å². The maximum absolute atomic E-state index is 11.9. The molecule has 1 fully saturated rings. The number of ether oxygens (including phenoxy) is 1. The summed E-state index contributed by atoms with van der Waals surface area (Å²) in [6.45, 7) is 3.80. The highest BCUT2D eigenvalue weighted by molar-refractivity contribution is 5.94. The summed E-state index contributed by atoms with van der Waals surface area (Å²) >= 11 is 0. The lowest BCUT2D eigenvalue weighted by molar-refractivity contribution is 0.0823. The Labute approximate surface area is 121 Å². The first kappa shape index (κ1) is 15.0. The Morgan fingerprint density at radius 2 is 2.30 bits per heavy atom. The molecule has 1 aromatic rings. The third kappa shape index (κ3) is 3.81. The summed E-state index contributed by atoms with van der Waals surface area (Å²) in [6.07, 6.45) is 2.61. The zero-order valence-corrected chi connectivity index (χ0v) is 12.6. The normalized spacial score (nSPS) is 19.9. The number of nitrogens with zero attached hydrogens (tertiary/aromatic N) is 1. The van der Waals surface area contributed by atoms with E-state index in [2.05, 4.69) is 12.2 Å². The fourth-order valence-electron chi connectivity index (χ4n) is 2.48. The van der Waals surface area contributed by atoms with Crippen molar-refractivity contribution in [2.24, 2.45) is 0 Å². The molecule has 0 unspecified atom stereocenters. The second-order valence-corrected chi connectivity index (χ2v) is 5.62. The van der Waals surface area contributed by atoms with Crippen LogP contribution in [0, 0.1) is 0 Å². The van der Waals surface area contributed by atoms with Crippen LogP contribution in [0.2, 0.25) is 0 Å². The minimum atomic E-state index is 0.0408. The molecule has 1 N–H and O–H groups in total. The zero-order chi connectivity index (χ0) is 14.5. The number of carbonyl (C=O) groups excluding carboxylic acids is 1. The summed E-state index contributed by atoms with van der Waals surface area (Å²) in [5.74, 6) is 0.0408. The minimum Gasteiger partial charge on any atom is -0.377 e. The summed E-state index contributed by atoms with van der Waals surface area (Å²) < 4.78 is 5.67. The van der Waals surface area contributed by atoms with E-state index >= 15 is 0 Å². The zero-order valence-electron chi connectivity index (χ0n) is 12.6. The van der Waals surface area contributed by atoms with Crippen molar-refractivity contribution >= 4 is 5.91 Å². The average molecular weight is 276 g/mol. The maximum Gasteiger partial charge on any atom is 0.253 e. The first-order chi connectivity index (χ1) is 9.58. The van der Waals surface area contributed by atoms with Crippen molar-refractivity contribution in [2.45, 2.75) is 38.5 Å². The predicted octanol–water partition coefficient (Wildman–Crippen LogP) is 2.05. The quantitative estimate of drug-likeness (QED) is 0.895.